The molecule has 2 rings (SSSR count). The zero-order valence-corrected chi connectivity index (χ0v) is 17.6. The maximum absolute atomic E-state index is 12.9. The van der Waals surface area contributed by atoms with Crippen LogP contribution in [0.2, 0.25) is 0 Å². The van der Waals surface area contributed by atoms with Crippen LogP contribution in [-0.2, 0) is 25.7 Å². The van der Waals surface area contributed by atoms with Gasteiger partial charge in [-0.2, -0.15) is 0 Å². The molecule has 0 aliphatic heterocycles. The van der Waals surface area contributed by atoms with Crippen LogP contribution in [0.15, 0.2) is 30.3 Å². The van der Waals surface area contributed by atoms with Gasteiger partial charge in [-0.15, -0.1) is 0 Å². The van der Waals surface area contributed by atoms with Gasteiger partial charge in [0.1, 0.15) is 24.5 Å². The van der Waals surface area contributed by atoms with Crippen molar-refractivity contribution in [3.05, 3.63) is 35.9 Å². The number of nitrogens with two attached hydrogens (primary N) is 1. The molecule has 4 N–H and O–H groups in total. The maximum Gasteiger partial charge on any atom is 0.408 e. The number of nitrogens with one attached hydrogen (secondary N) is 2. The summed E-state index contributed by atoms with van der Waals surface area (Å²) in [5.74, 6) is -1.34. The first-order valence-electron chi connectivity index (χ1n) is 10.3. The third kappa shape index (κ3) is 7.50. The molecule has 0 bridgehead atoms. The number of carbonyl (C=O) groups is 4. The van der Waals surface area contributed by atoms with Crippen LogP contribution in [0.4, 0.5) is 4.79 Å². The zero-order valence-electron chi connectivity index (χ0n) is 17.6. The molecule has 0 unspecified atom stereocenters. The van der Waals surface area contributed by atoms with E-state index >= 15 is 0 Å². The van der Waals surface area contributed by atoms with Gasteiger partial charge in [0.25, 0.3) is 0 Å². The van der Waals surface area contributed by atoms with Crippen molar-refractivity contribution in [3.63, 3.8) is 0 Å². The van der Waals surface area contributed by atoms with Gasteiger partial charge in [-0.1, -0.05) is 44.2 Å². The monoisotopic (exact) mass is 417 g/mol. The fourth-order valence-corrected chi connectivity index (χ4v) is 3.63. The highest BCUT2D eigenvalue weighted by molar-refractivity contribution is 5.91. The summed E-state index contributed by atoms with van der Waals surface area (Å²) in [5.41, 5.74) is 6.33. The van der Waals surface area contributed by atoms with Gasteiger partial charge >= 0.3 is 6.09 Å². The second kappa shape index (κ2) is 11.3. The van der Waals surface area contributed by atoms with Crippen LogP contribution in [0.25, 0.3) is 0 Å². The van der Waals surface area contributed by atoms with Gasteiger partial charge < -0.3 is 21.1 Å². The predicted octanol–water partition coefficient (Wildman–Crippen LogP) is 2.06. The fraction of sp³-hybridized carbons (Fsp3) is 0.545. The van der Waals surface area contributed by atoms with Gasteiger partial charge in [0, 0.05) is 12.8 Å². The van der Waals surface area contributed by atoms with E-state index in [0.29, 0.717) is 25.7 Å². The number of ether oxygens (including phenoxy) is 1. The quantitative estimate of drug-likeness (QED) is 0.567. The van der Waals surface area contributed by atoms with E-state index in [1.807, 2.05) is 44.2 Å². The molecule has 8 heteroatoms. The number of amides is 3. The van der Waals surface area contributed by atoms with Gasteiger partial charge in [-0.25, -0.2) is 4.79 Å². The summed E-state index contributed by atoms with van der Waals surface area (Å²) >= 11 is 0. The van der Waals surface area contributed by atoms with Gasteiger partial charge in [-0.3, -0.25) is 14.4 Å². The molecule has 0 saturated heterocycles. The standard InChI is InChI=1S/C22H31N3O5/c1-14(2)11-18(24-22(29)30-13-15-7-4-3-5-8-15)21(28)25-19(20(23)27)16-9-6-10-17(26)12-16/h3-5,7-8,14,16,18-19H,6,9-13H2,1-2H3,(H2,23,27)(H,24,29)(H,25,28)/t16-,18+,19-/m1/s1. The van der Waals surface area contributed by atoms with Crippen molar-refractivity contribution in [1.29, 1.82) is 0 Å². The average molecular weight is 418 g/mol. The van der Waals surface area contributed by atoms with Gasteiger partial charge in [0.05, 0.1) is 0 Å². The second-order valence-corrected chi connectivity index (χ2v) is 8.17. The molecular weight excluding hydrogens is 386 g/mol. The van der Waals surface area contributed by atoms with E-state index < -0.39 is 30.0 Å². The molecule has 1 saturated carbocycles. The molecule has 1 aliphatic carbocycles. The highest BCUT2D eigenvalue weighted by Crippen LogP contribution is 2.24. The number of rotatable bonds is 9. The first-order chi connectivity index (χ1) is 14.3. The van der Waals surface area contributed by atoms with Crippen LogP contribution < -0.4 is 16.4 Å². The summed E-state index contributed by atoms with van der Waals surface area (Å²) < 4.78 is 5.21. The van der Waals surface area contributed by atoms with E-state index in [1.54, 1.807) is 0 Å². The van der Waals surface area contributed by atoms with Crippen molar-refractivity contribution in [3.8, 4) is 0 Å². The molecule has 0 radical (unpaired) electrons. The number of Topliss-reactive ketones (excluding diaryl/α,β-unsaturated/α-hetero) is 1. The second-order valence-electron chi connectivity index (χ2n) is 8.17. The van der Waals surface area contributed by atoms with E-state index in [-0.39, 0.29) is 30.6 Å². The minimum Gasteiger partial charge on any atom is -0.445 e. The van der Waals surface area contributed by atoms with Crippen molar-refractivity contribution in [1.82, 2.24) is 10.6 Å². The topological polar surface area (TPSA) is 128 Å². The Morgan fingerprint density at radius 2 is 1.87 bits per heavy atom. The first kappa shape index (κ1) is 23.4. The van der Waals surface area contributed by atoms with Gasteiger partial charge in [0.2, 0.25) is 11.8 Å². The summed E-state index contributed by atoms with van der Waals surface area (Å²) in [4.78, 5) is 48.8. The lowest BCUT2D eigenvalue weighted by molar-refractivity contribution is -0.131. The Kier molecular flexibility index (Phi) is 8.83. The minimum absolute atomic E-state index is 0.0631. The Morgan fingerprint density at radius 1 is 1.17 bits per heavy atom. The van der Waals surface area contributed by atoms with Crippen LogP contribution in [0.3, 0.4) is 0 Å². The third-order valence-corrected chi connectivity index (χ3v) is 5.12. The Balaban J connectivity index is 1.99. The number of hydrogen-bond donors (Lipinski definition) is 3. The van der Waals surface area contributed by atoms with E-state index in [2.05, 4.69) is 10.6 Å². The summed E-state index contributed by atoms with van der Waals surface area (Å²) in [5, 5.41) is 5.24. The average Bonchev–Trinajstić information content (AvgIpc) is 2.70. The van der Waals surface area contributed by atoms with Crippen molar-refractivity contribution >= 4 is 23.7 Å². The number of primary amides is 1. The lowest BCUT2D eigenvalue weighted by Gasteiger charge is -2.30. The van der Waals surface area contributed by atoms with E-state index in [4.69, 9.17) is 10.5 Å². The van der Waals surface area contributed by atoms with E-state index in [9.17, 15) is 19.2 Å². The zero-order chi connectivity index (χ0) is 22.1. The van der Waals surface area contributed by atoms with Gasteiger partial charge in [0.15, 0.2) is 0 Å². The minimum atomic E-state index is -0.946. The number of hydrogen-bond acceptors (Lipinski definition) is 5. The Morgan fingerprint density at radius 3 is 2.47 bits per heavy atom. The smallest absolute Gasteiger partial charge is 0.408 e. The largest absolute Gasteiger partial charge is 0.445 e. The molecule has 0 spiro atoms. The summed E-state index contributed by atoms with van der Waals surface area (Å²) in [6.45, 7) is 3.92. The molecule has 164 valence electrons. The molecule has 1 aliphatic rings. The van der Waals surface area contributed by atoms with Crippen LogP contribution >= 0.6 is 0 Å². The Bertz CT molecular complexity index is 750. The van der Waals surface area contributed by atoms with Gasteiger partial charge in [-0.05, 0) is 36.7 Å². The molecule has 1 fully saturated rings. The molecule has 3 atom stereocenters. The van der Waals surface area contributed by atoms with E-state index in [0.717, 1.165) is 5.56 Å². The lowest BCUT2D eigenvalue weighted by atomic mass is 9.82. The van der Waals surface area contributed by atoms with Crippen molar-refractivity contribution in [2.45, 2.75) is 64.6 Å². The Hall–Kier alpha value is -2.90. The molecule has 30 heavy (non-hydrogen) atoms. The third-order valence-electron chi connectivity index (χ3n) is 5.12. The SMILES string of the molecule is CC(C)C[C@H](NC(=O)OCc1ccccc1)C(=O)N[C@@H](C(N)=O)[C@@H]1CCCC(=O)C1. The van der Waals surface area contributed by atoms with Crippen LogP contribution in [-0.4, -0.2) is 35.8 Å². The molecule has 1 aromatic rings. The molecule has 0 aromatic heterocycles. The molecular formula is C22H31N3O5. The van der Waals surface area contributed by atoms with Crippen molar-refractivity contribution in [2.75, 3.05) is 0 Å². The highest BCUT2D eigenvalue weighted by atomic mass is 16.5. The lowest BCUT2D eigenvalue weighted by Crippen LogP contribution is -2.56. The van der Waals surface area contributed by atoms with E-state index in [1.165, 1.54) is 0 Å². The highest BCUT2D eigenvalue weighted by Gasteiger charge is 2.34. The van der Waals surface area contributed by atoms with Crippen molar-refractivity contribution < 1.29 is 23.9 Å². The molecule has 1 aromatic carbocycles. The normalized spacial score (nSPS) is 18.4. The van der Waals surface area contributed by atoms with Crippen LogP contribution in [0.1, 0.15) is 51.5 Å². The number of benzene rings is 1. The summed E-state index contributed by atoms with van der Waals surface area (Å²) in [7, 11) is 0. The summed E-state index contributed by atoms with van der Waals surface area (Å²) in [6, 6.07) is 7.37. The van der Waals surface area contributed by atoms with Crippen LogP contribution in [0, 0.1) is 11.8 Å². The number of alkyl carbamates (subject to hydrolysis) is 1. The maximum atomic E-state index is 12.9. The molecule has 8 nitrogen and oxygen atoms in total. The fourth-order valence-electron chi connectivity index (χ4n) is 3.63. The Labute approximate surface area is 176 Å². The first-order valence-corrected chi connectivity index (χ1v) is 10.3. The van der Waals surface area contributed by atoms with Crippen molar-refractivity contribution in [2.24, 2.45) is 17.6 Å². The molecule has 0 heterocycles. The number of ketones is 1. The molecule has 3 amide bonds. The summed E-state index contributed by atoms with van der Waals surface area (Å²) in [6.07, 6.45) is 1.66. The van der Waals surface area contributed by atoms with Crippen LogP contribution in [0.5, 0.6) is 0 Å². The number of carbonyl (C=O) groups excluding carboxylic acids is 4. The predicted molar refractivity (Wildman–Crippen MR) is 111 cm³/mol.